The van der Waals surface area contributed by atoms with Gasteiger partial charge in [-0.25, -0.2) is 0 Å². The summed E-state index contributed by atoms with van der Waals surface area (Å²) >= 11 is 3.06. The fraction of sp³-hybridized carbons (Fsp3) is 0.909. The number of hydrogen-bond acceptors (Lipinski definition) is 5. The van der Waals surface area contributed by atoms with Crippen molar-refractivity contribution in [3.05, 3.63) is 0 Å². The highest BCUT2D eigenvalue weighted by atomic mass is 79.9. The monoisotopic (exact) mass is 327 g/mol. The Labute approximate surface area is 116 Å². The maximum Gasteiger partial charge on any atom is 0.230 e. The van der Waals surface area contributed by atoms with E-state index in [4.69, 9.17) is 18.9 Å². The van der Waals surface area contributed by atoms with Gasteiger partial charge in [0.15, 0.2) is 0 Å². The Kier molecular flexibility index (Phi) is 14.7. The fourth-order valence-corrected chi connectivity index (χ4v) is 1.19. The molecule has 1 N–H and O–H groups in total. The van der Waals surface area contributed by atoms with Crippen molar-refractivity contribution in [2.24, 2.45) is 0 Å². The van der Waals surface area contributed by atoms with E-state index in [0.717, 1.165) is 0 Å². The van der Waals surface area contributed by atoms with E-state index in [1.807, 2.05) is 0 Å². The summed E-state index contributed by atoms with van der Waals surface area (Å²) in [6.45, 7) is 4.35. The minimum atomic E-state index is -0.0388. The number of methoxy groups -OCH3 is 1. The number of nitrogens with one attached hydrogen (secondary N) is 1. The highest BCUT2D eigenvalue weighted by molar-refractivity contribution is 9.09. The van der Waals surface area contributed by atoms with E-state index < -0.39 is 0 Å². The SMILES string of the molecule is COCCOCCOCCOCCNC(=O)CBr. The van der Waals surface area contributed by atoms with Gasteiger partial charge >= 0.3 is 0 Å². The summed E-state index contributed by atoms with van der Waals surface area (Å²) in [6, 6.07) is 0. The molecule has 0 spiro atoms. The summed E-state index contributed by atoms with van der Waals surface area (Å²) in [7, 11) is 1.64. The van der Waals surface area contributed by atoms with Crippen LogP contribution in [0.15, 0.2) is 0 Å². The molecular formula is C11H22BrNO5. The zero-order valence-electron chi connectivity index (χ0n) is 10.8. The first kappa shape index (κ1) is 17.8. The van der Waals surface area contributed by atoms with E-state index in [-0.39, 0.29) is 5.91 Å². The van der Waals surface area contributed by atoms with Crippen LogP contribution in [-0.2, 0) is 23.7 Å². The molecule has 0 saturated heterocycles. The molecule has 6 nitrogen and oxygen atoms in total. The van der Waals surface area contributed by atoms with Crippen LogP contribution in [0.25, 0.3) is 0 Å². The van der Waals surface area contributed by atoms with Crippen LogP contribution in [0.2, 0.25) is 0 Å². The zero-order valence-corrected chi connectivity index (χ0v) is 12.4. The third-order valence-corrected chi connectivity index (χ3v) is 2.38. The molecule has 0 aromatic carbocycles. The largest absolute Gasteiger partial charge is 0.382 e. The minimum absolute atomic E-state index is 0.0388. The lowest BCUT2D eigenvalue weighted by atomic mass is 10.6. The van der Waals surface area contributed by atoms with Crippen molar-refractivity contribution in [1.29, 1.82) is 0 Å². The molecule has 0 aliphatic carbocycles. The Morgan fingerprint density at radius 3 is 1.94 bits per heavy atom. The van der Waals surface area contributed by atoms with Crippen LogP contribution in [0.1, 0.15) is 0 Å². The third-order valence-electron chi connectivity index (χ3n) is 1.87. The van der Waals surface area contributed by atoms with Crippen molar-refractivity contribution in [1.82, 2.24) is 5.32 Å². The van der Waals surface area contributed by atoms with Gasteiger partial charge in [-0.2, -0.15) is 0 Å². The second kappa shape index (κ2) is 14.8. The van der Waals surface area contributed by atoms with Gasteiger partial charge in [0.1, 0.15) is 0 Å². The number of ether oxygens (including phenoxy) is 4. The van der Waals surface area contributed by atoms with Crippen LogP contribution < -0.4 is 5.32 Å². The molecule has 0 aromatic rings. The number of carbonyl (C=O) groups excluding carboxylic acids is 1. The van der Waals surface area contributed by atoms with Gasteiger partial charge in [0, 0.05) is 13.7 Å². The topological polar surface area (TPSA) is 66.0 Å². The lowest BCUT2D eigenvalue weighted by Crippen LogP contribution is -2.28. The van der Waals surface area contributed by atoms with E-state index in [1.165, 1.54) is 0 Å². The van der Waals surface area contributed by atoms with Crippen LogP contribution in [0.5, 0.6) is 0 Å². The van der Waals surface area contributed by atoms with Crippen molar-refractivity contribution in [3.63, 3.8) is 0 Å². The lowest BCUT2D eigenvalue weighted by Gasteiger charge is -2.07. The predicted molar refractivity (Wildman–Crippen MR) is 71.1 cm³/mol. The van der Waals surface area contributed by atoms with Gasteiger partial charge in [0.05, 0.1) is 51.6 Å². The van der Waals surface area contributed by atoms with Gasteiger partial charge in [0.2, 0.25) is 5.91 Å². The molecule has 18 heavy (non-hydrogen) atoms. The van der Waals surface area contributed by atoms with Crippen LogP contribution in [-0.4, -0.2) is 71.1 Å². The number of alkyl halides is 1. The van der Waals surface area contributed by atoms with E-state index in [0.29, 0.717) is 58.1 Å². The first-order valence-corrected chi connectivity index (χ1v) is 6.98. The Morgan fingerprint density at radius 1 is 0.944 bits per heavy atom. The summed E-state index contributed by atoms with van der Waals surface area (Å²) < 4.78 is 20.6. The number of carbonyl (C=O) groups is 1. The molecular weight excluding hydrogens is 306 g/mol. The average molecular weight is 328 g/mol. The first-order valence-electron chi connectivity index (χ1n) is 5.86. The van der Waals surface area contributed by atoms with Gasteiger partial charge in [-0.15, -0.1) is 0 Å². The lowest BCUT2D eigenvalue weighted by molar-refractivity contribution is -0.118. The van der Waals surface area contributed by atoms with Crippen LogP contribution in [0.4, 0.5) is 0 Å². The van der Waals surface area contributed by atoms with Crippen molar-refractivity contribution in [3.8, 4) is 0 Å². The molecule has 0 fully saturated rings. The molecule has 0 aliphatic rings. The molecule has 0 atom stereocenters. The molecule has 0 radical (unpaired) electrons. The molecule has 0 unspecified atom stereocenters. The Morgan fingerprint density at radius 2 is 1.44 bits per heavy atom. The summed E-state index contributed by atoms with van der Waals surface area (Å²) in [6.07, 6.45) is 0. The quantitative estimate of drug-likeness (QED) is 0.386. The number of rotatable bonds is 13. The smallest absolute Gasteiger partial charge is 0.230 e. The van der Waals surface area contributed by atoms with E-state index in [2.05, 4.69) is 21.2 Å². The van der Waals surface area contributed by atoms with Crippen LogP contribution in [0.3, 0.4) is 0 Å². The maximum absolute atomic E-state index is 10.8. The molecule has 0 aliphatic heterocycles. The number of hydrogen-bond donors (Lipinski definition) is 1. The van der Waals surface area contributed by atoms with E-state index in [1.54, 1.807) is 7.11 Å². The molecule has 0 bridgehead atoms. The Balaban J connectivity index is 2.97. The van der Waals surface area contributed by atoms with Gasteiger partial charge in [-0.3, -0.25) is 4.79 Å². The van der Waals surface area contributed by atoms with E-state index in [9.17, 15) is 4.79 Å². The molecule has 0 heterocycles. The van der Waals surface area contributed by atoms with Gasteiger partial charge < -0.3 is 24.3 Å². The van der Waals surface area contributed by atoms with E-state index >= 15 is 0 Å². The molecule has 1 amide bonds. The third kappa shape index (κ3) is 13.9. The van der Waals surface area contributed by atoms with Crippen molar-refractivity contribution in [2.75, 3.05) is 65.2 Å². The summed E-state index contributed by atoms with van der Waals surface area (Å²) in [5.74, 6) is -0.0388. The normalized spacial score (nSPS) is 10.6. The number of halogens is 1. The Hall–Kier alpha value is -0.210. The van der Waals surface area contributed by atoms with Crippen LogP contribution >= 0.6 is 15.9 Å². The Bertz CT molecular complexity index is 194. The van der Waals surface area contributed by atoms with Crippen molar-refractivity contribution >= 4 is 21.8 Å². The standard InChI is InChI=1S/C11H22BrNO5/c1-15-4-5-17-8-9-18-7-6-16-3-2-13-11(14)10-12/h2-10H2,1H3,(H,13,14). The predicted octanol–water partition coefficient (Wildman–Crippen LogP) is 0.194. The second-order valence-corrected chi connectivity index (χ2v) is 3.87. The molecule has 0 aromatic heterocycles. The van der Waals surface area contributed by atoms with Crippen LogP contribution in [0, 0.1) is 0 Å². The summed E-state index contributed by atoms with van der Waals surface area (Å²) in [5.41, 5.74) is 0. The van der Waals surface area contributed by atoms with Gasteiger partial charge in [-0.05, 0) is 0 Å². The fourth-order valence-electron chi connectivity index (χ4n) is 0.994. The average Bonchev–Trinajstić information content (AvgIpc) is 2.39. The summed E-state index contributed by atoms with van der Waals surface area (Å²) in [4.78, 5) is 10.8. The van der Waals surface area contributed by atoms with Crippen molar-refractivity contribution in [2.45, 2.75) is 0 Å². The highest BCUT2D eigenvalue weighted by Crippen LogP contribution is 1.82. The summed E-state index contributed by atoms with van der Waals surface area (Å²) in [5, 5.41) is 3.00. The molecule has 0 saturated carbocycles. The zero-order chi connectivity index (χ0) is 13.5. The minimum Gasteiger partial charge on any atom is -0.382 e. The number of amides is 1. The van der Waals surface area contributed by atoms with Gasteiger partial charge in [-0.1, -0.05) is 15.9 Å². The van der Waals surface area contributed by atoms with Crippen molar-refractivity contribution < 1.29 is 23.7 Å². The highest BCUT2D eigenvalue weighted by Gasteiger charge is 1.96. The molecule has 108 valence electrons. The first-order chi connectivity index (χ1) is 8.81. The second-order valence-electron chi connectivity index (χ2n) is 3.31. The molecule has 7 heteroatoms. The van der Waals surface area contributed by atoms with Gasteiger partial charge in [0.25, 0.3) is 0 Å². The molecule has 0 rings (SSSR count). The maximum atomic E-state index is 10.8.